The molecule has 142 valence electrons. The van der Waals surface area contributed by atoms with Crippen LogP contribution in [-0.4, -0.2) is 16.1 Å². The van der Waals surface area contributed by atoms with E-state index in [0.717, 1.165) is 11.6 Å². The van der Waals surface area contributed by atoms with Crippen molar-refractivity contribution in [3.8, 4) is 0 Å². The maximum Gasteiger partial charge on any atom is 0.179 e. The van der Waals surface area contributed by atoms with Crippen LogP contribution in [0.15, 0.2) is 54.2 Å². The standard InChI is InChI=1S/C18H16N4S.2C2H6/c1-18(2)12-6-3-4-7-13(12)21-15-16(20-10-9-19-15)22(17(18)21)14-8-5-11-23-14;2*1-2/h3-11,17H,1-2H3;2*1-2H3. The zero-order valence-electron chi connectivity index (χ0n) is 17.0. The van der Waals surface area contributed by atoms with Gasteiger partial charge < -0.3 is 4.90 Å². The lowest BCUT2D eigenvalue weighted by atomic mass is 9.83. The summed E-state index contributed by atoms with van der Waals surface area (Å²) in [6, 6.07) is 12.9. The minimum atomic E-state index is -0.0248. The van der Waals surface area contributed by atoms with E-state index >= 15 is 0 Å². The first-order valence-corrected chi connectivity index (χ1v) is 10.6. The highest BCUT2D eigenvalue weighted by atomic mass is 32.1. The average Bonchev–Trinajstić information content (AvgIpc) is 3.41. The molecule has 0 amide bonds. The van der Waals surface area contributed by atoms with Gasteiger partial charge in [0, 0.05) is 23.5 Å². The molecule has 4 nitrogen and oxygen atoms in total. The van der Waals surface area contributed by atoms with Crippen LogP contribution < -0.4 is 9.80 Å². The minimum Gasteiger partial charge on any atom is -0.301 e. The predicted molar refractivity (Wildman–Crippen MR) is 117 cm³/mol. The summed E-state index contributed by atoms with van der Waals surface area (Å²) in [5, 5.41) is 3.32. The van der Waals surface area contributed by atoms with E-state index in [2.05, 4.69) is 75.4 Å². The fourth-order valence-electron chi connectivity index (χ4n) is 3.90. The van der Waals surface area contributed by atoms with E-state index in [0.29, 0.717) is 0 Å². The van der Waals surface area contributed by atoms with Crippen LogP contribution in [-0.2, 0) is 5.41 Å². The number of hydrogen-bond acceptors (Lipinski definition) is 5. The van der Waals surface area contributed by atoms with Crippen molar-refractivity contribution < 1.29 is 0 Å². The summed E-state index contributed by atoms with van der Waals surface area (Å²) in [5.41, 5.74) is 2.58. The van der Waals surface area contributed by atoms with Gasteiger partial charge in [0.2, 0.25) is 0 Å². The summed E-state index contributed by atoms with van der Waals surface area (Å²) in [6.45, 7) is 12.6. The molecule has 0 saturated carbocycles. The molecule has 0 radical (unpaired) electrons. The Balaban J connectivity index is 0.000000495. The van der Waals surface area contributed by atoms with E-state index < -0.39 is 0 Å². The van der Waals surface area contributed by atoms with Gasteiger partial charge in [-0.15, -0.1) is 11.3 Å². The topological polar surface area (TPSA) is 32.3 Å². The largest absolute Gasteiger partial charge is 0.301 e. The van der Waals surface area contributed by atoms with Gasteiger partial charge in [0.25, 0.3) is 0 Å². The minimum absolute atomic E-state index is 0.0248. The lowest BCUT2D eigenvalue weighted by molar-refractivity contribution is 0.450. The number of hydrogen-bond donors (Lipinski definition) is 0. The van der Waals surface area contributed by atoms with Crippen LogP contribution in [0.5, 0.6) is 0 Å². The van der Waals surface area contributed by atoms with Crippen molar-refractivity contribution in [1.29, 1.82) is 0 Å². The third kappa shape index (κ3) is 2.81. The van der Waals surface area contributed by atoms with Crippen LogP contribution in [0.3, 0.4) is 0 Å². The van der Waals surface area contributed by atoms with Gasteiger partial charge in [-0.1, -0.05) is 59.7 Å². The molecule has 2 aliphatic heterocycles. The Labute approximate surface area is 166 Å². The number of aromatic nitrogens is 2. The first-order valence-electron chi connectivity index (χ1n) is 9.72. The van der Waals surface area contributed by atoms with Crippen LogP contribution >= 0.6 is 11.3 Å². The SMILES string of the molecule is CC.CC.CC1(C)c2ccccc2N2c3nccnc3N(c3cccs3)C21. The van der Waals surface area contributed by atoms with E-state index in [1.54, 1.807) is 23.7 Å². The van der Waals surface area contributed by atoms with Crippen LogP contribution in [0.2, 0.25) is 0 Å². The number of anilines is 4. The zero-order chi connectivity index (χ0) is 19.6. The molecule has 2 aromatic heterocycles. The second-order valence-electron chi connectivity index (χ2n) is 6.51. The molecular weight excluding hydrogens is 352 g/mol. The molecule has 0 aliphatic carbocycles. The van der Waals surface area contributed by atoms with Gasteiger partial charge in [-0.3, -0.25) is 4.90 Å². The fourth-order valence-corrected chi connectivity index (χ4v) is 4.65. The van der Waals surface area contributed by atoms with Gasteiger partial charge in [-0.25, -0.2) is 9.97 Å². The second-order valence-corrected chi connectivity index (χ2v) is 7.43. The van der Waals surface area contributed by atoms with Gasteiger partial charge in [-0.05, 0) is 29.1 Å². The lowest BCUT2D eigenvalue weighted by Gasteiger charge is -2.35. The molecule has 2 aliphatic rings. The first kappa shape index (κ1) is 19.4. The second kappa shape index (κ2) is 7.69. The molecule has 0 bridgehead atoms. The number of fused-ring (bicyclic) bond motifs is 5. The van der Waals surface area contributed by atoms with Gasteiger partial charge in [0.15, 0.2) is 11.6 Å². The van der Waals surface area contributed by atoms with Crippen LogP contribution in [0, 0.1) is 0 Å². The molecular formula is C22H28N4S. The van der Waals surface area contributed by atoms with E-state index in [9.17, 15) is 0 Å². The molecule has 0 spiro atoms. The van der Waals surface area contributed by atoms with Crippen molar-refractivity contribution in [2.75, 3.05) is 9.80 Å². The van der Waals surface area contributed by atoms with Crippen molar-refractivity contribution in [3.63, 3.8) is 0 Å². The summed E-state index contributed by atoms with van der Waals surface area (Å²) >= 11 is 1.74. The molecule has 5 rings (SSSR count). The summed E-state index contributed by atoms with van der Waals surface area (Å²) in [7, 11) is 0. The van der Waals surface area contributed by atoms with Crippen molar-refractivity contribution >= 4 is 33.7 Å². The molecule has 0 N–H and O–H groups in total. The normalized spacial score (nSPS) is 17.8. The van der Waals surface area contributed by atoms with E-state index in [-0.39, 0.29) is 11.6 Å². The van der Waals surface area contributed by atoms with E-state index in [1.807, 2.05) is 27.7 Å². The summed E-state index contributed by atoms with van der Waals surface area (Å²) in [5.74, 6) is 1.89. The maximum atomic E-state index is 4.65. The molecule has 1 atom stereocenters. The molecule has 0 fully saturated rings. The first-order chi connectivity index (χ1) is 13.2. The third-order valence-electron chi connectivity index (χ3n) is 4.85. The molecule has 5 heteroatoms. The Morgan fingerprint density at radius 3 is 2.11 bits per heavy atom. The lowest BCUT2D eigenvalue weighted by Crippen LogP contribution is -2.46. The number of nitrogens with zero attached hydrogens (tertiary/aromatic N) is 4. The smallest absolute Gasteiger partial charge is 0.179 e. The summed E-state index contributed by atoms with van der Waals surface area (Å²) < 4.78 is 0. The molecule has 27 heavy (non-hydrogen) atoms. The number of para-hydroxylation sites is 1. The Morgan fingerprint density at radius 1 is 0.852 bits per heavy atom. The summed E-state index contributed by atoms with van der Waals surface area (Å²) in [6.07, 6.45) is 3.72. The van der Waals surface area contributed by atoms with E-state index in [4.69, 9.17) is 0 Å². The number of thiophene rings is 1. The van der Waals surface area contributed by atoms with Crippen LogP contribution in [0.4, 0.5) is 22.3 Å². The molecule has 3 aromatic rings. The maximum absolute atomic E-state index is 4.65. The highest BCUT2D eigenvalue weighted by molar-refractivity contribution is 7.14. The number of benzene rings is 1. The Hall–Kier alpha value is -2.40. The monoisotopic (exact) mass is 380 g/mol. The van der Waals surface area contributed by atoms with Gasteiger partial charge in [0.1, 0.15) is 6.17 Å². The fraction of sp³-hybridized carbons (Fsp3) is 0.364. The average molecular weight is 381 g/mol. The van der Waals surface area contributed by atoms with E-state index in [1.165, 1.54) is 16.3 Å². The Morgan fingerprint density at radius 2 is 1.48 bits per heavy atom. The summed E-state index contributed by atoms with van der Waals surface area (Å²) in [4.78, 5) is 14.0. The molecule has 0 saturated heterocycles. The van der Waals surface area contributed by atoms with Crippen molar-refractivity contribution in [2.24, 2.45) is 0 Å². The molecule has 4 heterocycles. The van der Waals surface area contributed by atoms with Gasteiger partial charge in [0.05, 0.1) is 5.00 Å². The van der Waals surface area contributed by atoms with Crippen molar-refractivity contribution in [2.45, 2.75) is 53.1 Å². The highest BCUT2D eigenvalue weighted by Crippen LogP contribution is 2.57. The Bertz CT molecular complexity index is 887. The quantitative estimate of drug-likeness (QED) is 0.482. The van der Waals surface area contributed by atoms with Crippen LogP contribution in [0.1, 0.15) is 47.1 Å². The van der Waals surface area contributed by atoms with Gasteiger partial charge in [-0.2, -0.15) is 0 Å². The third-order valence-corrected chi connectivity index (χ3v) is 5.72. The molecule has 1 unspecified atom stereocenters. The van der Waals surface area contributed by atoms with Crippen LogP contribution in [0.25, 0.3) is 0 Å². The Kier molecular flexibility index (Phi) is 5.51. The van der Waals surface area contributed by atoms with Crippen molar-refractivity contribution in [1.82, 2.24) is 9.97 Å². The van der Waals surface area contributed by atoms with Gasteiger partial charge >= 0.3 is 0 Å². The number of rotatable bonds is 1. The van der Waals surface area contributed by atoms with Crippen molar-refractivity contribution in [3.05, 3.63) is 59.7 Å². The predicted octanol–water partition coefficient (Wildman–Crippen LogP) is 6.50. The highest BCUT2D eigenvalue weighted by Gasteiger charge is 2.54. The zero-order valence-corrected chi connectivity index (χ0v) is 17.8. The molecule has 1 aromatic carbocycles.